The van der Waals surface area contributed by atoms with Crippen LogP contribution in [-0.2, 0) is 17.8 Å². The van der Waals surface area contributed by atoms with Crippen molar-refractivity contribution in [1.29, 1.82) is 0 Å². The van der Waals surface area contributed by atoms with Crippen molar-refractivity contribution >= 4 is 5.91 Å². The van der Waals surface area contributed by atoms with Crippen molar-refractivity contribution in [3.05, 3.63) is 65.7 Å². The second-order valence-corrected chi connectivity index (χ2v) is 7.05. The molecule has 1 amide bonds. The first-order valence-corrected chi connectivity index (χ1v) is 9.33. The summed E-state index contributed by atoms with van der Waals surface area (Å²) in [5.41, 5.74) is 2.39. The second kappa shape index (κ2) is 8.86. The zero-order valence-corrected chi connectivity index (χ0v) is 15.7. The van der Waals surface area contributed by atoms with Gasteiger partial charge in [0.1, 0.15) is 5.75 Å². The van der Waals surface area contributed by atoms with E-state index in [9.17, 15) is 4.79 Å². The molecule has 1 unspecified atom stereocenters. The molecule has 4 heteroatoms. The second-order valence-electron chi connectivity index (χ2n) is 7.05. The number of ether oxygens (including phenoxy) is 1. The number of benzene rings is 2. The number of hydrogen-bond donors (Lipinski definition) is 1. The van der Waals surface area contributed by atoms with Gasteiger partial charge in [0.25, 0.3) is 0 Å². The summed E-state index contributed by atoms with van der Waals surface area (Å²) in [5.74, 6) is 1.64. The standard InChI is InChI=1S/C22H28N2O2/c1-17(20-14-23-15-20)22(25)24(16-19-6-4-3-5-7-19)13-12-18-8-10-21(26-2)11-9-18/h3-11,17,20,23H,12-16H2,1-2H3. The summed E-state index contributed by atoms with van der Waals surface area (Å²) < 4.78 is 5.22. The maximum atomic E-state index is 13.1. The van der Waals surface area contributed by atoms with E-state index in [4.69, 9.17) is 4.74 Å². The van der Waals surface area contributed by atoms with Crippen LogP contribution in [0, 0.1) is 11.8 Å². The largest absolute Gasteiger partial charge is 0.497 e. The third-order valence-electron chi connectivity index (χ3n) is 5.27. The zero-order chi connectivity index (χ0) is 18.4. The predicted molar refractivity (Wildman–Crippen MR) is 104 cm³/mol. The van der Waals surface area contributed by atoms with E-state index in [0.717, 1.165) is 31.8 Å². The molecule has 0 spiro atoms. The van der Waals surface area contributed by atoms with E-state index in [2.05, 4.69) is 36.5 Å². The molecule has 0 saturated carbocycles. The van der Waals surface area contributed by atoms with E-state index in [-0.39, 0.29) is 11.8 Å². The van der Waals surface area contributed by atoms with Gasteiger partial charge in [-0.1, -0.05) is 49.4 Å². The average molecular weight is 352 g/mol. The van der Waals surface area contributed by atoms with Gasteiger partial charge in [0, 0.05) is 19.0 Å². The minimum Gasteiger partial charge on any atom is -0.497 e. The molecule has 0 aliphatic carbocycles. The van der Waals surface area contributed by atoms with Crippen LogP contribution in [0.2, 0.25) is 0 Å². The fourth-order valence-corrected chi connectivity index (χ4v) is 3.28. The van der Waals surface area contributed by atoms with Crippen molar-refractivity contribution in [2.45, 2.75) is 19.9 Å². The van der Waals surface area contributed by atoms with Gasteiger partial charge in [-0.2, -0.15) is 0 Å². The molecule has 1 saturated heterocycles. The van der Waals surface area contributed by atoms with Crippen LogP contribution in [0.25, 0.3) is 0 Å². The van der Waals surface area contributed by atoms with Gasteiger partial charge in [0.15, 0.2) is 0 Å². The summed E-state index contributed by atoms with van der Waals surface area (Å²) in [4.78, 5) is 15.1. The van der Waals surface area contributed by atoms with Crippen LogP contribution in [0.15, 0.2) is 54.6 Å². The lowest BCUT2D eigenvalue weighted by Gasteiger charge is -2.35. The summed E-state index contributed by atoms with van der Waals surface area (Å²) in [6.45, 7) is 5.36. The average Bonchev–Trinajstić information content (AvgIpc) is 2.64. The molecule has 2 aromatic rings. The fraction of sp³-hybridized carbons (Fsp3) is 0.409. The molecule has 1 atom stereocenters. The SMILES string of the molecule is COc1ccc(CCN(Cc2ccccc2)C(=O)C(C)C2CNC2)cc1. The Morgan fingerprint density at radius 1 is 1.12 bits per heavy atom. The number of hydrogen-bond acceptors (Lipinski definition) is 3. The number of nitrogens with one attached hydrogen (secondary N) is 1. The Kier molecular flexibility index (Phi) is 6.29. The highest BCUT2D eigenvalue weighted by atomic mass is 16.5. The van der Waals surface area contributed by atoms with Crippen molar-refractivity contribution in [1.82, 2.24) is 10.2 Å². The predicted octanol–water partition coefficient (Wildman–Crippen LogP) is 3.12. The summed E-state index contributed by atoms with van der Waals surface area (Å²) >= 11 is 0. The lowest BCUT2D eigenvalue weighted by molar-refractivity contribution is -0.138. The van der Waals surface area contributed by atoms with Gasteiger partial charge in [-0.05, 0) is 48.7 Å². The van der Waals surface area contributed by atoms with Crippen molar-refractivity contribution in [2.75, 3.05) is 26.7 Å². The molecule has 0 radical (unpaired) electrons. The first kappa shape index (κ1) is 18.5. The lowest BCUT2D eigenvalue weighted by atomic mass is 9.87. The first-order valence-electron chi connectivity index (χ1n) is 9.33. The highest BCUT2D eigenvalue weighted by Gasteiger charge is 2.31. The maximum absolute atomic E-state index is 13.1. The van der Waals surface area contributed by atoms with Crippen molar-refractivity contribution in [3.8, 4) is 5.75 Å². The van der Waals surface area contributed by atoms with Gasteiger partial charge < -0.3 is 15.0 Å². The van der Waals surface area contributed by atoms with Crippen LogP contribution in [0.4, 0.5) is 0 Å². The summed E-state index contributed by atoms with van der Waals surface area (Å²) in [5, 5.41) is 3.27. The minimum atomic E-state index is 0.0656. The van der Waals surface area contributed by atoms with Gasteiger partial charge in [0.2, 0.25) is 5.91 Å². The maximum Gasteiger partial charge on any atom is 0.226 e. The molecule has 4 nitrogen and oxygen atoms in total. The van der Waals surface area contributed by atoms with Crippen molar-refractivity contribution < 1.29 is 9.53 Å². The van der Waals surface area contributed by atoms with E-state index in [1.54, 1.807) is 7.11 Å². The van der Waals surface area contributed by atoms with Crippen LogP contribution in [0.1, 0.15) is 18.1 Å². The van der Waals surface area contributed by atoms with Gasteiger partial charge in [-0.3, -0.25) is 4.79 Å². The number of carbonyl (C=O) groups is 1. The number of amides is 1. The normalized spacial score (nSPS) is 15.2. The molecule has 1 N–H and O–H groups in total. The molecule has 1 fully saturated rings. The Bertz CT molecular complexity index is 696. The number of carbonyl (C=O) groups excluding carboxylic acids is 1. The molecule has 1 aliphatic heterocycles. The molecule has 3 rings (SSSR count). The number of methoxy groups -OCH3 is 1. The Hall–Kier alpha value is -2.33. The van der Waals surface area contributed by atoms with Gasteiger partial charge in [0.05, 0.1) is 7.11 Å². The zero-order valence-electron chi connectivity index (χ0n) is 15.7. The third-order valence-corrected chi connectivity index (χ3v) is 5.27. The van der Waals surface area contributed by atoms with Crippen molar-refractivity contribution in [2.24, 2.45) is 11.8 Å². The minimum absolute atomic E-state index is 0.0656. The Morgan fingerprint density at radius 3 is 2.38 bits per heavy atom. The molecule has 1 heterocycles. The Labute approximate surface area is 156 Å². The smallest absolute Gasteiger partial charge is 0.226 e. The van der Waals surface area contributed by atoms with Gasteiger partial charge in [-0.15, -0.1) is 0 Å². The molecule has 0 aromatic heterocycles. The highest BCUT2D eigenvalue weighted by Crippen LogP contribution is 2.20. The number of nitrogens with zero attached hydrogens (tertiary/aromatic N) is 1. The van der Waals surface area contributed by atoms with Crippen LogP contribution in [-0.4, -0.2) is 37.6 Å². The molecule has 0 bridgehead atoms. The summed E-state index contributed by atoms with van der Waals surface area (Å²) in [7, 11) is 1.67. The monoisotopic (exact) mass is 352 g/mol. The fourth-order valence-electron chi connectivity index (χ4n) is 3.28. The Morgan fingerprint density at radius 2 is 1.81 bits per heavy atom. The summed E-state index contributed by atoms with van der Waals surface area (Å²) in [6.07, 6.45) is 0.845. The van der Waals surface area contributed by atoms with E-state index >= 15 is 0 Å². The molecular weight excluding hydrogens is 324 g/mol. The van der Waals surface area contributed by atoms with E-state index in [0.29, 0.717) is 12.5 Å². The quantitative estimate of drug-likeness (QED) is 0.794. The van der Waals surface area contributed by atoms with Gasteiger partial charge in [-0.25, -0.2) is 0 Å². The number of rotatable bonds is 8. The van der Waals surface area contributed by atoms with Crippen LogP contribution < -0.4 is 10.1 Å². The molecule has 2 aromatic carbocycles. The van der Waals surface area contributed by atoms with Crippen LogP contribution in [0.3, 0.4) is 0 Å². The van der Waals surface area contributed by atoms with E-state index in [1.807, 2.05) is 35.2 Å². The first-order chi connectivity index (χ1) is 12.7. The third kappa shape index (κ3) is 4.64. The highest BCUT2D eigenvalue weighted by molar-refractivity contribution is 5.79. The van der Waals surface area contributed by atoms with Gasteiger partial charge >= 0.3 is 0 Å². The van der Waals surface area contributed by atoms with Crippen LogP contribution in [0.5, 0.6) is 5.75 Å². The molecule has 1 aliphatic rings. The van der Waals surface area contributed by atoms with Crippen LogP contribution >= 0.6 is 0 Å². The molecule has 26 heavy (non-hydrogen) atoms. The van der Waals surface area contributed by atoms with E-state index < -0.39 is 0 Å². The van der Waals surface area contributed by atoms with E-state index in [1.165, 1.54) is 11.1 Å². The Balaban J connectivity index is 1.67. The molecule has 138 valence electrons. The molecular formula is C22H28N2O2. The topological polar surface area (TPSA) is 41.6 Å². The summed E-state index contributed by atoms with van der Waals surface area (Å²) in [6, 6.07) is 18.3. The van der Waals surface area contributed by atoms with Crippen molar-refractivity contribution in [3.63, 3.8) is 0 Å². The lowest BCUT2D eigenvalue weighted by Crippen LogP contribution is -2.50.